The summed E-state index contributed by atoms with van der Waals surface area (Å²) in [6.45, 7) is 5.80. The van der Waals surface area contributed by atoms with Gasteiger partial charge in [0.05, 0.1) is 24.4 Å². The second-order valence-corrected chi connectivity index (χ2v) is 11.8. The number of carboxylic acid groups (broad SMARTS) is 1. The van der Waals surface area contributed by atoms with E-state index in [0.29, 0.717) is 6.54 Å². The van der Waals surface area contributed by atoms with E-state index in [1.165, 1.54) is 5.56 Å². The number of hydrogen-bond donors (Lipinski definition) is 3. The molecule has 3 aromatic carbocycles. The van der Waals surface area contributed by atoms with Gasteiger partial charge in [-0.1, -0.05) is 66.7 Å². The molecule has 3 unspecified atom stereocenters. The van der Waals surface area contributed by atoms with E-state index in [-0.39, 0.29) is 11.8 Å². The topological polar surface area (TPSA) is 108 Å². The lowest BCUT2D eigenvalue weighted by atomic mass is 9.92. The molecule has 3 N–H and O–H groups in total. The van der Waals surface area contributed by atoms with Crippen molar-refractivity contribution in [1.29, 1.82) is 0 Å². The van der Waals surface area contributed by atoms with Crippen molar-refractivity contribution < 1.29 is 32.6 Å². The molecule has 1 aromatic heterocycles. The van der Waals surface area contributed by atoms with Crippen LogP contribution >= 0.6 is 0 Å². The zero-order chi connectivity index (χ0) is 32.3. The predicted molar refractivity (Wildman–Crippen MR) is 168 cm³/mol. The summed E-state index contributed by atoms with van der Waals surface area (Å²) in [5.41, 5.74) is 7.30. The molecule has 0 bridgehead atoms. The standard InChI is InChI=1S/C33H32N4O2.C2HF3O2/c38-33-29(30(16-34-33)25-4-2-1-3-5-25)14-24-10-12-28-31(35-36-32(28)15-24)13-11-22-6-8-23(9-7-22)17-37-18-26-20-39-21-27(26)19-37;3-2(4,5)1(6)7/h1-15,26-27,30H,16-21H2,(H,34,38)(H,35,36);(H,6,7)/b13-11+,29-14+;. The Morgan fingerprint density at radius 1 is 0.978 bits per heavy atom. The summed E-state index contributed by atoms with van der Waals surface area (Å²) in [5.74, 6) is -1.26. The van der Waals surface area contributed by atoms with E-state index in [9.17, 15) is 18.0 Å². The Kier molecular flexibility index (Phi) is 9.05. The number of carbonyl (C=O) groups is 2. The SMILES string of the molecule is O=C(O)C(F)(F)F.O=C1NCC(c2ccccc2)/C1=C\c1ccc2c(/C=C/c3ccc(CN4CC5COCC5C4)cc3)n[nH]c2c1. The maximum atomic E-state index is 12.6. The number of hydrogen-bond acceptors (Lipinski definition) is 5. The van der Waals surface area contributed by atoms with Gasteiger partial charge in [-0.2, -0.15) is 18.3 Å². The fourth-order valence-electron chi connectivity index (χ4n) is 6.25. The Labute approximate surface area is 263 Å². The van der Waals surface area contributed by atoms with Crippen LogP contribution in [0, 0.1) is 11.8 Å². The summed E-state index contributed by atoms with van der Waals surface area (Å²) < 4.78 is 37.3. The largest absolute Gasteiger partial charge is 0.490 e. The highest BCUT2D eigenvalue weighted by molar-refractivity contribution is 6.02. The molecule has 3 aliphatic rings. The molecule has 3 atom stereocenters. The first-order chi connectivity index (χ1) is 22.1. The molecule has 238 valence electrons. The normalized spacial score (nSPS) is 22.3. The van der Waals surface area contributed by atoms with E-state index >= 15 is 0 Å². The van der Waals surface area contributed by atoms with Crippen LogP contribution in [0.25, 0.3) is 29.1 Å². The summed E-state index contributed by atoms with van der Waals surface area (Å²) in [7, 11) is 0. The zero-order valence-corrected chi connectivity index (χ0v) is 24.8. The van der Waals surface area contributed by atoms with E-state index in [0.717, 1.165) is 83.5 Å². The quantitative estimate of drug-likeness (QED) is 0.235. The van der Waals surface area contributed by atoms with Gasteiger partial charge in [0.1, 0.15) is 0 Å². The van der Waals surface area contributed by atoms with Gasteiger partial charge in [0.15, 0.2) is 0 Å². The van der Waals surface area contributed by atoms with Crippen molar-refractivity contribution in [2.75, 3.05) is 32.8 Å². The van der Waals surface area contributed by atoms with Crippen LogP contribution < -0.4 is 5.32 Å². The van der Waals surface area contributed by atoms with Crippen molar-refractivity contribution in [3.63, 3.8) is 0 Å². The highest BCUT2D eigenvalue weighted by atomic mass is 19.4. The highest BCUT2D eigenvalue weighted by Crippen LogP contribution is 2.32. The number of carboxylic acids is 1. The lowest BCUT2D eigenvalue weighted by Gasteiger charge is -2.16. The van der Waals surface area contributed by atoms with Crippen molar-refractivity contribution in [3.05, 3.63) is 106 Å². The number of halogens is 3. The molecule has 1 amide bonds. The third-order valence-corrected chi connectivity index (χ3v) is 8.62. The molecule has 8 nitrogen and oxygen atoms in total. The van der Waals surface area contributed by atoms with Crippen LogP contribution in [0.3, 0.4) is 0 Å². The number of nitrogens with zero attached hydrogens (tertiary/aromatic N) is 2. The third kappa shape index (κ3) is 7.21. The monoisotopic (exact) mass is 630 g/mol. The van der Waals surface area contributed by atoms with Gasteiger partial charge in [-0.05, 0) is 46.5 Å². The molecular weight excluding hydrogens is 597 g/mol. The Morgan fingerprint density at radius 2 is 1.65 bits per heavy atom. The first kappa shape index (κ1) is 31.3. The van der Waals surface area contributed by atoms with Gasteiger partial charge in [0, 0.05) is 54.9 Å². The van der Waals surface area contributed by atoms with Gasteiger partial charge in [0.2, 0.25) is 5.91 Å². The number of aliphatic carboxylic acids is 1. The van der Waals surface area contributed by atoms with Crippen LogP contribution in [0.1, 0.15) is 33.9 Å². The molecule has 3 saturated heterocycles. The number of amides is 1. The first-order valence-corrected chi connectivity index (χ1v) is 15.0. The Bertz CT molecular complexity index is 1750. The fourth-order valence-corrected chi connectivity index (χ4v) is 6.25. The van der Waals surface area contributed by atoms with E-state index in [1.54, 1.807) is 0 Å². The van der Waals surface area contributed by atoms with Crippen LogP contribution in [-0.4, -0.2) is 71.1 Å². The van der Waals surface area contributed by atoms with Crippen LogP contribution in [0.15, 0.2) is 78.4 Å². The number of benzene rings is 3. The Morgan fingerprint density at radius 3 is 2.33 bits per heavy atom. The smallest absolute Gasteiger partial charge is 0.475 e. The number of H-pyrrole nitrogens is 1. The van der Waals surface area contributed by atoms with Crippen molar-refractivity contribution in [3.8, 4) is 0 Å². The molecule has 4 heterocycles. The number of carbonyl (C=O) groups excluding carboxylic acids is 1. The van der Waals surface area contributed by atoms with Crippen LogP contribution in [-0.2, 0) is 20.9 Å². The molecule has 0 aliphatic carbocycles. The minimum Gasteiger partial charge on any atom is -0.475 e. The van der Waals surface area contributed by atoms with Gasteiger partial charge in [0.25, 0.3) is 0 Å². The minimum absolute atomic E-state index is 0.000731. The molecule has 7 rings (SSSR count). The number of aromatic nitrogens is 2. The number of aromatic amines is 1. The van der Waals surface area contributed by atoms with Crippen molar-refractivity contribution in [2.24, 2.45) is 11.8 Å². The van der Waals surface area contributed by atoms with Crippen molar-refractivity contribution in [1.82, 2.24) is 20.4 Å². The predicted octanol–water partition coefficient (Wildman–Crippen LogP) is 5.74. The summed E-state index contributed by atoms with van der Waals surface area (Å²) >= 11 is 0. The number of fused-ring (bicyclic) bond motifs is 2. The summed E-state index contributed by atoms with van der Waals surface area (Å²) in [4.78, 5) is 24.0. The number of likely N-dealkylation sites (tertiary alicyclic amines) is 1. The van der Waals surface area contributed by atoms with Gasteiger partial charge >= 0.3 is 12.1 Å². The van der Waals surface area contributed by atoms with E-state index in [1.807, 2.05) is 24.3 Å². The Hall–Kier alpha value is -4.74. The lowest BCUT2D eigenvalue weighted by molar-refractivity contribution is -0.192. The second kappa shape index (κ2) is 13.3. The van der Waals surface area contributed by atoms with E-state index in [4.69, 9.17) is 14.6 Å². The lowest BCUT2D eigenvalue weighted by Crippen LogP contribution is -2.22. The van der Waals surface area contributed by atoms with Crippen LogP contribution in [0.5, 0.6) is 0 Å². The molecular formula is C35H33F3N4O4. The van der Waals surface area contributed by atoms with Crippen LogP contribution in [0.2, 0.25) is 0 Å². The number of nitrogens with one attached hydrogen (secondary N) is 2. The molecule has 0 radical (unpaired) electrons. The third-order valence-electron chi connectivity index (χ3n) is 8.62. The molecule has 11 heteroatoms. The summed E-state index contributed by atoms with van der Waals surface area (Å²) in [6, 6.07) is 25.2. The highest BCUT2D eigenvalue weighted by Gasteiger charge is 2.38. The molecule has 46 heavy (non-hydrogen) atoms. The van der Waals surface area contributed by atoms with Gasteiger partial charge in [-0.15, -0.1) is 0 Å². The van der Waals surface area contributed by atoms with Crippen LogP contribution in [0.4, 0.5) is 13.2 Å². The maximum absolute atomic E-state index is 12.6. The zero-order valence-electron chi connectivity index (χ0n) is 24.8. The number of ether oxygens (including phenoxy) is 1. The summed E-state index contributed by atoms with van der Waals surface area (Å²) in [5, 5.41) is 18.9. The fraction of sp³-hybridized carbons (Fsp3) is 0.286. The molecule has 0 saturated carbocycles. The van der Waals surface area contributed by atoms with Gasteiger partial charge in [-0.25, -0.2) is 4.79 Å². The number of alkyl halides is 3. The van der Waals surface area contributed by atoms with Crippen molar-refractivity contribution >= 4 is 41.0 Å². The minimum atomic E-state index is -5.08. The molecule has 3 fully saturated rings. The summed E-state index contributed by atoms with van der Waals surface area (Å²) in [6.07, 6.45) is 1.09. The molecule has 3 aliphatic heterocycles. The first-order valence-electron chi connectivity index (χ1n) is 15.0. The van der Waals surface area contributed by atoms with Gasteiger partial charge < -0.3 is 15.2 Å². The average Bonchev–Trinajstić information content (AvgIpc) is 3.82. The van der Waals surface area contributed by atoms with Gasteiger partial charge in [-0.3, -0.25) is 14.8 Å². The number of rotatable bonds is 6. The van der Waals surface area contributed by atoms with Crippen molar-refractivity contribution in [2.45, 2.75) is 18.6 Å². The molecule has 4 aromatic rings. The van der Waals surface area contributed by atoms with E-state index in [2.05, 4.69) is 87.2 Å². The molecule has 0 spiro atoms. The maximum Gasteiger partial charge on any atom is 0.490 e. The average molecular weight is 631 g/mol. The second-order valence-electron chi connectivity index (χ2n) is 11.8. The van der Waals surface area contributed by atoms with E-state index < -0.39 is 12.1 Å². The Balaban J connectivity index is 0.000000480.